The van der Waals surface area contributed by atoms with Crippen LogP contribution in [0, 0.1) is 11.3 Å². The zero-order valence-corrected chi connectivity index (χ0v) is 11.3. The summed E-state index contributed by atoms with van der Waals surface area (Å²) in [5.41, 5.74) is 0.442. The summed E-state index contributed by atoms with van der Waals surface area (Å²) in [6, 6.07) is 0.458. The van der Waals surface area contributed by atoms with Gasteiger partial charge < -0.3 is 10.2 Å². The SMILES string of the molecule is CN(C)C(=O)NC1CC(CCC(C)(C)C)C1. The second-order valence-electron chi connectivity index (χ2n) is 6.48. The molecular formula is C13H26N2O. The minimum atomic E-state index is 0.0410. The molecule has 0 spiro atoms. The van der Waals surface area contributed by atoms with Gasteiger partial charge in [-0.15, -0.1) is 0 Å². The Bertz CT molecular complexity index is 237. The molecule has 3 heteroatoms. The van der Waals surface area contributed by atoms with Gasteiger partial charge in [-0.1, -0.05) is 20.8 Å². The van der Waals surface area contributed by atoms with Crippen molar-refractivity contribution in [3.8, 4) is 0 Å². The van der Waals surface area contributed by atoms with Gasteiger partial charge in [0.25, 0.3) is 0 Å². The van der Waals surface area contributed by atoms with Crippen molar-refractivity contribution in [1.82, 2.24) is 10.2 Å². The second-order valence-corrected chi connectivity index (χ2v) is 6.48. The predicted molar refractivity (Wildman–Crippen MR) is 67.4 cm³/mol. The Kier molecular flexibility index (Phi) is 4.22. The summed E-state index contributed by atoms with van der Waals surface area (Å²) in [5, 5.41) is 3.03. The van der Waals surface area contributed by atoms with Gasteiger partial charge in [0, 0.05) is 20.1 Å². The fourth-order valence-corrected chi connectivity index (χ4v) is 2.03. The van der Waals surface area contributed by atoms with Gasteiger partial charge in [0.1, 0.15) is 0 Å². The summed E-state index contributed by atoms with van der Waals surface area (Å²) in [5.74, 6) is 0.826. The molecule has 1 rings (SSSR count). The summed E-state index contributed by atoms with van der Waals surface area (Å²) >= 11 is 0. The highest BCUT2D eigenvalue weighted by atomic mass is 16.2. The quantitative estimate of drug-likeness (QED) is 0.788. The molecular weight excluding hydrogens is 200 g/mol. The maximum atomic E-state index is 11.4. The molecule has 0 aromatic heterocycles. The average Bonchev–Trinajstić information content (AvgIpc) is 2.06. The van der Waals surface area contributed by atoms with Crippen LogP contribution in [-0.4, -0.2) is 31.1 Å². The van der Waals surface area contributed by atoms with Crippen molar-refractivity contribution < 1.29 is 4.79 Å². The van der Waals surface area contributed by atoms with Gasteiger partial charge in [-0.25, -0.2) is 4.79 Å². The number of urea groups is 1. The van der Waals surface area contributed by atoms with E-state index in [0.717, 1.165) is 18.8 Å². The molecule has 94 valence electrons. The van der Waals surface area contributed by atoms with Crippen LogP contribution in [0.25, 0.3) is 0 Å². The van der Waals surface area contributed by atoms with Gasteiger partial charge in [0.05, 0.1) is 0 Å². The highest BCUT2D eigenvalue weighted by Gasteiger charge is 2.31. The van der Waals surface area contributed by atoms with Crippen LogP contribution in [0.2, 0.25) is 0 Å². The van der Waals surface area contributed by atoms with Crippen molar-refractivity contribution in [2.24, 2.45) is 11.3 Å². The maximum Gasteiger partial charge on any atom is 0.317 e. The molecule has 0 bridgehead atoms. The second kappa shape index (κ2) is 5.07. The zero-order chi connectivity index (χ0) is 12.3. The Morgan fingerprint density at radius 3 is 2.31 bits per heavy atom. The molecule has 0 aromatic rings. The van der Waals surface area contributed by atoms with E-state index in [1.165, 1.54) is 12.8 Å². The summed E-state index contributed by atoms with van der Waals surface area (Å²) in [4.78, 5) is 13.0. The standard InChI is InChI=1S/C13H26N2O/c1-13(2,3)7-6-10-8-11(9-10)14-12(16)15(4)5/h10-11H,6-9H2,1-5H3,(H,14,16). The van der Waals surface area contributed by atoms with Gasteiger partial charge in [0.2, 0.25) is 0 Å². The van der Waals surface area contributed by atoms with Crippen LogP contribution in [0.15, 0.2) is 0 Å². The largest absolute Gasteiger partial charge is 0.335 e. The van der Waals surface area contributed by atoms with Crippen LogP contribution in [0.1, 0.15) is 46.5 Å². The normalized spacial score (nSPS) is 24.8. The van der Waals surface area contributed by atoms with E-state index in [2.05, 4.69) is 26.1 Å². The van der Waals surface area contributed by atoms with E-state index >= 15 is 0 Å². The number of hydrogen-bond donors (Lipinski definition) is 1. The fourth-order valence-electron chi connectivity index (χ4n) is 2.03. The molecule has 0 radical (unpaired) electrons. The Morgan fingerprint density at radius 2 is 1.88 bits per heavy atom. The van der Waals surface area contributed by atoms with E-state index in [0.29, 0.717) is 11.5 Å². The summed E-state index contributed by atoms with van der Waals surface area (Å²) in [7, 11) is 3.57. The number of carbonyl (C=O) groups is 1. The molecule has 0 aromatic carbocycles. The number of hydrogen-bond acceptors (Lipinski definition) is 1. The third kappa shape index (κ3) is 4.42. The molecule has 1 aliphatic carbocycles. The van der Waals surface area contributed by atoms with Gasteiger partial charge in [0.15, 0.2) is 0 Å². The monoisotopic (exact) mass is 226 g/mol. The van der Waals surface area contributed by atoms with Crippen LogP contribution in [0.4, 0.5) is 4.79 Å². The molecule has 0 saturated heterocycles. The lowest BCUT2D eigenvalue weighted by atomic mass is 9.74. The first-order valence-corrected chi connectivity index (χ1v) is 6.26. The summed E-state index contributed by atoms with van der Waals surface area (Å²) in [6.07, 6.45) is 4.91. The molecule has 3 nitrogen and oxygen atoms in total. The third-order valence-corrected chi connectivity index (χ3v) is 3.27. The molecule has 1 aliphatic rings. The lowest BCUT2D eigenvalue weighted by Gasteiger charge is -2.37. The van der Waals surface area contributed by atoms with E-state index < -0.39 is 0 Å². The van der Waals surface area contributed by atoms with Gasteiger partial charge in [-0.05, 0) is 37.0 Å². The van der Waals surface area contributed by atoms with Gasteiger partial charge in [-0.2, -0.15) is 0 Å². The molecule has 0 aliphatic heterocycles. The Labute approximate surface area is 99.6 Å². The molecule has 0 heterocycles. The first kappa shape index (κ1) is 13.3. The summed E-state index contributed by atoms with van der Waals surface area (Å²) in [6.45, 7) is 6.87. The van der Waals surface area contributed by atoms with Crippen molar-refractivity contribution in [2.75, 3.05) is 14.1 Å². The lowest BCUT2D eigenvalue weighted by Crippen LogP contribution is -2.48. The predicted octanol–water partition coefficient (Wildman–Crippen LogP) is 2.86. The molecule has 16 heavy (non-hydrogen) atoms. The lowest BCUT2D eigenvalue weighted by molar-refractivity contribution is 0.169. The summed E-state index contributed by atoms with van der Waals surface area (Å²) < 4.78 is 0. The number of carbonyl (C=O) groups excluding carboxylic acids is 1. The maximum absolute atomic E-state index is 11.4. The van der Waals surface area contributed by atoms with Crippen molar-refractivity contribution in [3.05, 3.63) is 0 Å². The Hall–Kier alpha value is -0.730. The molecule has 2 amide bonds. The first-order chi connectivity index (χ1) is 7.28. The fraction of sp³-hybridized carbons (Fsp3) is 0.923. The van der Waals surface area contributed by atoms with Crippen molar-refractivity contribution in [1.29, 1.82) is 0 Å². The minimum absolute atomic E-state index is 0.0410. The number of nitrogens with zero attached hydrogens (tertiary/aromatic N) is 1. The Morgan fingerprint density at radius 1 is 1.31 bits per heavy atom. The van der Waals surface area contributed by atoms with E-state index in [-0.39, 0.29) is 6.03 Å². The van der Waals surface area contributed by atoms with Gasteiger partial charge in [-0.3, -0.25) is 0 Å². The van der Waals surface area contributed by atoms with Crippen molar-refractivity contribution in [2.45, 2.75) is 52.5 Å². The first-order valence-electron chi connectivity index (χ1n) is 6.26. The highest BCUT2D eigenvalue weighted by Crippen LogP contribution is 2.34. The average molecular weight is 226 g/mol. The molecule has 1 N–H and O–H groups in total. The van der Waals surface area contributed by atoms with Crippen LogP contribution in [-0.2, 0) is 0 Å². The van der Waals surface area contributed by atoms with E-state index in [4.69, 9.17) is 0 Å². The Balaban J connectivity index is 2.12. The van der Waals surface area contributed by atoms with Crippen LogP contribution in [0.3, 0.4) is 0 Å². The van der Waals surface area contributed by atoms with E-state index in [1.54, 1.807) is 19.0 Å². The topological polar surface area (TPSA) is 32.3 Å². The number of rotatable bonds is 3. The minimum Gasteiger partial charge on any atom is -0.335 e. The van der Waals surface area contributed by atoms with Crippen molar-refractivity contribution >= 4 is 6.03 Å². The number of nitrogens with one attached hydrogen (secondary N) is 1. The van der Waals surface area contributed by atoms with Crippen LogP contribution >= 0.6 is 0 Å². The van der Waals surface area contributed by atoms with Crippen LogP contribution in [0.5, 0.6) is 0 Å². The molecule has 0 unspecified atom stereocenters. The smallest absolute Gasteiger partial charge is 0.317 e. The highest BCUT2D eigenvalue weighted by molar-refractivity contribution is 5.73. The zero-order valence-electron chi connectivity index (χ0n) is 11.3. The van der Waals surface area contributed by atoms with E-state index in [1.807, 2.05) is 0 Å². The van der Waals surface area contributed by atoms with Gasteiger partial charge >= 0.3 is 6.03 Å². The molecule has 1 saturated carbocycles. The van der Waals surface area contributed by atoms with Crippen molar-refractivity contribution in [3.63, 3.8) is 0 Å². The van der Waals surface area contributed by atoms with E-state index in [9.17, 15) is 4.79 Å². The molecule has 0 atom stereocenters. The third-order valence-electron chi connectivity index (χ3n) is 3.27. The van der Waals surface area contributed by atoms with Crippen LogP contribution < -0.4 is 5.32 Å². The molecule has 1 fully saturated rings. The number of amides is 2.